The Morgan fingerprint density at radius 1 is 0.891 bits per heavy atom. The molecule has 1 heterocycles. The molecule has 1 saturated heterocycles. The Morgan fingerprint density at radius 3 is 2.33 bits per heavy atom. The number of likely N-dealkylation sites (N-methyl/N-ethyl adjacent to an activating group) is 1. The lowest BCUT2D eigenvalue weighted by molar-refractivity contribution is -0.127. The van der Waals surface area contributed by atoms with E-state index in [1.807, 2.05) is 72.8 Å². The molecule has 2 unspecified atom stereocenters. The fourth-order valence-corrected chi connectivity index (χ4v) is 5.45. The molecule has 1 aliphatic heterocycles. The van der Waals surface area contributed by atoms with E-state index in [1.165, 1.54) is 4.90 Å². The molecule has 0 bridgehead atoms. The zero-order valence-electron chi connectivity index (χ0n) is 27.1. The van der Waals surface area contributed by atoms with Crippen LogP contribution < -0.4 is 14.2 Å². The van der Waals surface area contributed by atoms with Crippen molar-refractivity contribution in [3.05, 3.63) is 89.5 Å². The van der Waals surface area contributed by atoms with Crippen molar-refractivity contribution >= 4 is 12.0 Å². The van der Waals surface area contributed by atoms with Gasteiger partial charge >= 0.3 is 6.09 Å². The fraction of sp³-hybridized carbons (Fsp3) is 0.444. The lowest BCUT2D eigenvalue weighted by Crippen LogP contribution is -2.46. The third-order valence-corrected chi connectivity index (χ3v) is 8.19. The number of likely N-dealkylation sites (tertiary alicyclic amines) is 1. The second-order valence-corrected chi connectivity index (χ2v) is 11.3. The van der Waals surface area contributed by atoms with Crippen LogP contribution in [0.1, 0.15) is 42.4 Å². The molecule has 3 aromatic carbocycles. The van der Waals surface area contributed by atoms with Crippen LogP contribution in [0.15, 0.2) is 72.8 Å². The number of methoxy groups -OCH3 is 1. The zero-order valence-corrected chi connectivity index (χ0v) is 27.1. The summed E-state index contributed by atoms with van der Waals surface area (Å²) in [6.45, 7) is 5.13. The Labute approximate surface area is 271 Å². The van der Waals surface area contributed by atoms with Gasteiger partial charge in [0, 0.05) is 45.0 Å². The van der Waals surface area contributed by atoms with Crippen LogP contribution in [-0.4, -0.2) is 93.2 Å². The van der Waals surface area contributed by atoms with Crippen molar-refractivity contribution in [3.8, 4) is 17.2 Å². The van der Waals surface area contributed by atoms with E-state index < -0.39 is 6.09 Å². The quantitative estimate of drug-likeness (QED) is 0.191. The Hall–Kier alpha value is -4.28. The summed E-state index contributed by atoms with van der Waals surface area (Å²) >= 11 is 0. The molecule has 0 aromatic heterocycles. The number of hydrogen-bond acceptors (Lipinski definition) is 7. The Balaban J connectivity index is 1.24. The molecule has 0 aliphatic carbocycles. The predicted octanol–water partition coefficient (Wildman–Crippen LogP) is 5.63. The maximum Gasteiger partial charge on any atom is 0.407 e. The molecule has 10 heteroatoms. The van der Waals surface area contributed by atoms with E-state index in [-0.39, 0.29) is 17.9 Å². The number of carbonyl (C=O) groups is 2. The van der Waals surface area contributed by atoms with Crippen LogP contribution in [-0.2, 0) is 27.3 Å². The minimum atomic E-state index is -0.941. The van der Waals surface area contributed by atoms with Crippen molar-refractivity contribution in [2.45, 2.75) is 44.8 Å². The van der Waals surface area contributed by atoms with Crippen molar-refractivity contribution in [1.82, 2.24) is 9.80 Å². The van der Waals surface area contributed by atoms with Crippen LogP contribution >= 0.6 is 0 Å². The molecule has 2 atom stereocenters. The van der Waals surface area contributed by atoms with Gasteiger partial charge in [-0.15, -0.1) is 0 Å². The van der Waals surface area contributed by atoms with Gasteiger partial charge < -0.3 is 38.6 Å². The number of rotatable bonds is 17. The molecule has 0 spiro atoms. The number of para-hydroxylation sites is 2. The van der Waals surface area contributed by atoms with Crippen LogP contribution in [0.25, 0.3) is 0 Å². The Bertz CT molecular complexity index is 1380. The second kappa shape index (κ2) is 18.0. The molecular formula is C36H46N2O8. The molecule has 0 saturated carbocycles. The summed E-state index contributed by atoms with van der Waals surface area (Å²) < 4.78 is 29.4. The third kappa shape index (κ3) is 10.4. The van der Waals surface area contributed by atoms with E-state index in [0.717, 1.165) is 40.4 Å². The summed E-state index contributed by atoms with van der Waals surface area (Å²) in [4.78, 5) is 26.4. The minimum Gasteiger partial charge on any atom is -0.496 e. The first kappa shape index (κ1) is 34.6. The van der Waals surface area contributed by atoms with Gasteiger partial charge in [0.25, 0.3) is 0 Å². The summed E-state index contributed by atoms with van der Waals surface area (Å²) in [7, 11) is 3.44. The molecule has 1 fully saturated rings. The number of hydrogen-bond donors (Lipinski definition) is 1. The van der Waals surface area contributed by atoms with E-state index in [9.17, 15) is 14.7 Å². The van der Waals surface area contributed by atoms with Crippen molar-refractivity contribution in [2.75, 3.05) is 60.2 Å². The topological polar surface area (TPSA) is 107 Å². The number of nitrogens with zero attached hydrogens (tertiary/aromatic N) is 2. The summed E-state index contributed by atoms with van der Waals surface area (Å²) in [6, 6.07) is 23.6. The molecular weight excluding hydrogens is 588 g/mol. The van der Waals surface area contributed by atoms with Gasteiger partial charge in [-0.05, 0) is 48.2 Å². The van der Waals surface area contributed by atoms with E-state index >= 15 is 0 Å². The van der Waals surface area contributed by atoms with Gasteiger partial charge in [0.15, 0.2) is 0 Å². The molecule has 4 rings (SSSR count). The predicted molar refractivity (Wildman–Crippen MR) is 175 cm³/mol. The van der Waals surface area contributed by atoms with Gasteiger partial charge in [0.1, 0.15) is 23.9 Å². The van der Waals surface area contributed by atoms with E-state index in [2.05, 4.69) is 0 Å². The Kier molecular flexibility index (Phi) is 13.5. The lowest BCUT2D eigenvalue weighted by Gasteiger charge is -2.37. The van der Waals surface area contributed by atoms with Crippen LogP contribution in [0.4, 0.5) is 4.79 Å². The summed E-state index contributed by atoms with van der Waals surface area (Å²) in [5.74, 6) is 2.42. The highest BCUT2D eigenvalue weighted by Crippen LogP contribution is 2.32. The number of carboxylic acid groups (broad SMARTS) is 1. The highest BCUT2D eigenvalue weighted by atomic mass is 16.5. The first-order valence-electron chi connectivity index (χ1n) is 15.8. The van der Waals surface area contributed by atoms with Crippen LogP contribution in [0.5, 0.6) is 17.2 Å². The molecule has 46 heavy (non-hydrogen) atoms. The van der Waals surface area contributed by atoms with Crippen LogP contribution in [0.3, 0.4) is 0 Å². The van der Waals surface area contributed by atoms with Crippen molar-refractivity contribution in [1.29, 1.82) is 0 Å². The lowest BCUT2D eigenvalue weighted by atomic mass is 9.87. The molecule has 0 radical (unpaired) electrons. The van der Waals surface area contributed by atoms with Crippen molar-refractivity contribution in [3.63, 3.8) is 0 Å². The van der Waals surface area contributed by atoms with Crippen molar-refractivity contribution < 1.29 is 38.4 Å². The second-order valence-electron chi connectivity index (χ2n) is 11.3. The van der Waals surface area contributed by atoms with Gasteiger partial charge in [0.05, 0.1) is 46.2 Å². The smallest absolute Gasteiger partial charge is 0.407 e. The first-order chi connectivity index (χ1) is 22.4. The van der Waals surface area contributed by atoms with Gasteiger partial charge in [-0.2, -0.15) is 0 Å². The standard InChI is InChI=1S/C36H46N2O8/c1-27(39)37(2)19-17-29-9-4-7-12-34(29)45-23-24-46-35-25-38(36(40)41)20-18-32(35)28-13-15-31(16-14-28)44-22-8-21-43-26-30-10-5-6-11-33(30)42-3/h4-7,9-16,32,35H,8,17-26H2,1-3H3,(H,40,41). The molecule has 10 nitrogen and oxygen atoms in total. The highest BCUT2D eigenvalue weighted by molar-refractivity contribution is 5.72. The van der Waals surface area contributed by atoms with Crippen LogP contribution in [0, 0.1) is 0 Å². The number of piperidine rings is 1. The summed E-state index contributed by atoms with van der Waals surface area (Å²) in [5.41, 5.74) is 3.12. The SMILES string of the molecule is COc1ccccc1COCCCOc1ccc(C2CCN(C(=O)O)CC2OCCOc2ccccc2CCN(C)C(C)=O)cc1. The highest BCUT2D eigenvalue weighted by Gasteiger charge is 2.33. The number of ether oxygens (including phenoxy) is 5. The number of carbonyl (C=O) groups excluding carboxylic acids is 1. The first-order valence-corrected chi connectivity index (χ1v) is 15.8. The summed E-state index contributed by atoms with van der Waals surface area (Å²) in [6.07, 6.45) is 0.850. The Morgan fingerprint density at radius 2 is 1.61 bits per heavy atom. The number of benzene rings is 3. The molecule has 2 amide bonds. The number of amides is 2. The fourth-order valence-electron chi connectivity index (χ4n) is 5.45. The molecule has 1 aliphatic rings. The molecule has 3 aromatic rings. The van der Waals surface area contributed by atoms with Gasteiger partial charge in [0.2, 0.25) is 5.91 Å². The normalized spacial score (nSPS) is 16.1. The largest absolute Gasteiger partial charge is 0.496 e. The van der Waals surface area contributed by atoms with Gasteiger partial charge in [-0.25, -0.2) is 4.79 Å². The van der Waals surface area contributed by atoms with E-state index in [4.69, 9.17) is 23.7 Å². The molecule has 1 N–H and O–H groups in total. The average molecular weight is 635 g/mol. The van der Waals surface area contributed by atoms with Crippen molar-refractivity contribution in [2.24, 2.45) is 0 Å². The third-order valence-electron chi connectivity index (χ3n) is 8.19. The minimum absolute atomic E-state index is 0.0218. The summed E-state index contributed by atoms with van der Waals surface area (Å²) in [5, 5.41) is 9.63. The maximum atomic E-state index is 11.7. The maximum absolute atomic E-state index is 11.7. The van der Waals surface area contributed by atoms with E-state index in [1.54, 1.807) is 26.0 Å². The molecule has 248 valence electrons. The average Bonchev–Trinajstić information content (AvgIpc) is 3.07. The van der Waals surface area contributed by atoms with Gasteiger partial charge in [-0.3, -0.25) is 4.79 Å². The zero-order chi connectivity index (χ0) is 32.7. The van der Waals surface area contributed by atoms with E-state index in [0.29, 0.717) is 65.5 Å². The monoisotopic (exact) mass is 634 g/mol. The van der Waals surface area contributed by atoms with Crippen LogP contribution in [0.2, 0.25) is 0 Å². The van der Waals surface area contributed by atoms with Gasteiger partial charge in [-0.1, -0.05) is 48.5 Å².